The second-order valence-electron chi connectivity index (χ2n) is 4.53. The molecule has 0 radical (unpaired) electrons. The SMILES string of the molecule is CCn1ncnc1CC(CCCc1cccs1)NN. The van der Waals surface area contributed by atoms with Gasteiger partial charge in [-0.25, -0.2) is 4.98 Å². The topological polar surface area (TPSA) is 68.8 Å². The number of rotatable bonds is 8. The summed E-state index contributed by atoms with van der Waals surface area (Å²) in [5.41, 5.74) is 2.89. The maximum atomic E-state index is 5.64. The molecular weight excluding hydrogens is 258 g/mol. The van der Waals surface area contributed by atoms with Crippen molar-refractivity contribution in [1.29, 1.82) is 0 Å². The summed E-state index contributed by atoms with van der Waals surface area (Å²) in [4.78, 5) is 5.73. The van der Waals surface area contributed by atoms with E-state index in [1.165, 1.54) is 4.88 Å². The highest BCUT2D eigenvalue weighted by Gasteiger charge is 2.12. The fourth-order valence-corrected chi connectivity index (χ4v) is 2.90. The second-order valence-corrected chi connectivity index (χ2v) is 5.56. The molecule has 5 nitrogen and oxygen atoms in total. The summed E-state index contributed by atoms with van der Waals surface area (Å²) in [6, 6.07) is 4.54. The highest BCUT2D eigenvalue weighted by atomic mass is 32.1. The molecule has 19 heavy (non-hydrogen) atoms. The Kier molecular flexibility index (Phi) is 5.50. The molecule has 0 saturated carbocycles. The van der Waals surface area contributed by atoms with Crippen LogP contribution in [0.5, 0.6) is 0 Å². The lowest BCUT2D eigenvalue weighted by molar-refractivity contribution is 0.455. The van der Waals surface area contributed by atoms with Crippen molar-refractivity contribution in [1.82, 2.24) is 20.2 Å². The Labute approximate surface area is 117 Å². The first-order valence-corrected chi connectivity index (χ1v) is 7.56. The number of hydrogen-bond acceptors (Lipinski definition) is 5. The molecule has 0 spiro atoms. The van der Waals surface area contributed by atoms with Crippen LogP contribution in [0.1, 0.15) is 30.5 Å². The van der Waals surface area contributed by atoms with Crippen LogP contribution in [0, 0.1) is 0 Å². The van der Waals surface area contributed by atoms with Crippen LogP contribution >= 0.6 is 11.3 Å². The van der Waals surface area contributed by atoms with E-state index in [0.29, 0.717) is 0 Å². The van der Waals surface area contributed by atoms with Crippen LogP contribution in [0.25, 0.3) is 0 Å². The van der Waals surface area contributed by atoms with E-state index in [-0.39, 0.29) is 6.04 Å². The molecule has 0 saturated heterocycles. The molecule has 0 aliphatic carbocycles. The summed E-state index contributed by atoms with van der Waals surface area (Å²) in [6.07, 6.45) is 5.74. The summed E-state index contributed by atoms with van der Waals surface area (Å²) in [6.45, 7) is 2.92. The molecule has 0 aromatic carbocycles. The molecule has 6 heteroatoms. The van der Waals surface area contributed by atoms with E-state index in [4.69, 9.17) is 5.84 Å². The van der Waals surface area contributed by atoms with Gasteiger partial charge < -0.3 is 0 Å². The third-order valence-corrected chi connectivity index (χ3v) is 4.15. The zero-order valence-electron chi connectivity index (χ0n) is 11.2. The van der Waals surface area contributed by atoms with E-state index < -0.39 is 0 Å². The lowest BCUT2D eigenvalue weighted by Gasteiger charge is -2.15. The fraction of sp³-hybridized carbons (Fsp3) is 0.538. The van der Waals surface area contributed by atoms with Gasteiger partial charge in [-0.3, -0.25) is 16.0 Å². The Morgan fingerprint density at radius 3 is 3.11 bits per heavy atom. The van der Waals surface area contributed by atoms with E-state index in [0.717, 1.165) is 38.1 Å². The molecule has 0 fully saturated rings. The average Bonchev–Trinajstić information content (AvgIpc) is 3.08. The van der Waals surface area contributed by atoms with Gasteiger partial charge in [0.2, 0.25) is 0 Å². The number of hydrazine groups is 1. The zero-order chi connectivity index (χ0) is 13.5. The van der Waals surface area contributed by atoms with Crippen LogP contribution in [0.3, 0.4) is 0 Å². The fourth-order valence-electron chi connectivity index (χ4n) is 2.15. The van der Waals surface area contributed by atoms with Crippen LogP contribution < -0.4 is 11.3 Å². The minimum absolute atomic E-state index is 0.259. The third kappa shape index (κ3) is 4.12. The van der Waals surface area contributed by atoms with Crippen LogP contribution in [-0.2, 0) is 19.4 Å². The van der Waals surface area contributed by atoms with Crippen molar-refractivity contribution in [3.05, 3.63) is 34.5 Å². The van der Waals surface area contributed by atoms with Crippen molar-refractivity contribution in [3.63, 3.8) is 0 Å². The molecule has 2 rings (SSSR count). The Bertz CT molecular complexity index is 465. The van der Waals surface area contributed by atoms with Crippen LogP contribution in [0.15, 0.2) is 23.8 Å². The van der Waals surface area contributed by atoms with Crippen molar-refractivity contribution in [2.75, 3.05) is 0 Å². The van der Waals surface area contributed by atoms with E-state index in [2.05, 4.69) is 39.9 Å². The highest BCUT2D eigenvalue weighted by Crippen LogP contribution is 2.13. The largest absolute Gasteiger partial charge is 0.271 e. The van der Waals surface area contributed by atoms with Crippen LogP contribution in [0.2, 0.25) is 0 Å². The van der Waals surface area contributed by atoms with Gasteiger partial charge in [0.1, 0.15) is 12.2 Å². The zero-order valence-corrected chi connectivity index (χ0v) is 12.1. The van der Waals surface area contributed by atoms with Crippen molar-refractivity contribution in [2.45, 2.75) is 45.2 Å². The number of aryl methyl sites for hydroxylation is 2. The quantitative estimate of drug-likeness (QED) is 0.570. The van der Waals surface area contributed by atoms with Crippen molar-refractivity contribution in [2.24, 2.45) is 5.84 Å². The Morgan fingerprint density at radius 1 is 1.53 bits per heavy atom. The third-order valence-electron chi connectivity index (χ3n) is 3.22. The molecule has 0 bridgehead atoms. The van der Waals surface area contributed by atoms with Crippen molar-refractivity contribution in [3.8, 4) is 0 Å². The number of nitrogens with two attached hydrogens (primary N) is 1. The smallest absolute Gasteiger partial charge is 0.138 e. The van der Waals surface area contributed by atoms with Gasteiger partial charge in [-0.15, -0.1) is 11.3 Å². The van der Waals surface area contributed by atoms with Crippen molar-refractivity contribution >= 4 is 11.3 Å². The molecule has 0 aliphatic rings. The van der Waals surface area contributed by atoms with Gasteiger partial charge in [-0.05, 0) is 37.6 Å². The van der Waals surface area contributed by atoms with Gasteiger partial charge in [0, 0.05) is 23.9 Å². The van der Waals surface area contributed by atoms with Gasteiger partial charge in [0.05, 0.1) is 0 Å². The van der Waals surface area contributed by atoms with Gasteiger partial charge in [0.15, 0.2) is 0 Å². The van der Waals surface area contributed by atoms with E-state index in [1.807, 2.05) is 16.0 Å². The molecule has 2 aromatic rings. The number of nitrogens with one attached hydrogen (secondary N) is 1. The number of aromatic nitrogens is 3. The average molecular weight is 279 g/mol. The minimum atomic E-state index is 0.259. The highest BCUT2D eigenvalue weighted by molar-refractivity contribution is 7.09. The lowest BCUT2D eigenvalue weighted by atomic mass is 10.1. The minimum Gasteiger partial charge on any atom is -0.271 e. The normalized spacial score (nSPS) is 12.7. The summed E-state index contributed by atoms with van der Waals surface area (Å²) in [5.74, 6) is 6.64. The second kappa shape index (κ2) is 7.37. The maximum Gasteiger partial charge on any atom is 0.138 e. The first kappa shape index (κ1) is 14.2. The van der Waals surface area contributed by atoms with Crippen molar-refractivity contribution < 1.29 is 0 Å². The monoisotopic (exact) mass is 279 g/mol. The Hall–Kier alpha value is -1.24. The standard InChI is InChI=1S/C13H21N5S/c1-2-18-13(15-10-16-18)9-11(17-14)5-3-6-12-7-4-8-19-12/h4,7-8,10-11,17H,2-3,5-6,9,14H2,1H3. The maximum absolute atomic E-state index is 5.64. The van der Waals surface area contributed by atoms with Crippen LogP contribution in [0.4, 0.5) is 0 Å². The number of hydrogen-bond donors (Lipinski definition) is 2. The first-order valence-electron chi connectivity index (χ1n) is 6.68. The molecule has 0 aliphatic heterocycles. The number of thiophene rings is 1. The van der Waals surface area contributed by atoms with Gasteiger partial charge in [-0.1, -0.05) is 6.07 Å². The Balaban J connectivity index is 1.80. The molecule has 0 amide bonds. The summed E-state index contributed by atoms with van der Waals surface area (Å²) in [7, 11) is 0. The molecule has 3 N–H and O–H groups in total. The van der Waals surface area contributed by atoms with Gasteiger partial charge in [-0.2, -0.15) is 5.10 Å². The van der Waals surface area contributed by atoms with Gasteiger partial charge in [0.25, 0.3) is 0 Å². The Morgan fingerprint density at radius 2 is 2.42 bits per heavy atom. The predicted octanol–water partition coefficient (Wildman–Crippen LogP) is 1.76. The van der Waals surface area contributed by atoms with E-state index >= 15 is 0 Å². The molecule has 2 aromatic heterocycles. The number of nitrogens with zero attached hydrogens (tertiary/aromatic N) is 3. The molecule has 1 unspecified atom stereocenters. The molecule has 2 heterocycles. The summed E-state index contributed by atoms with van der Waals surface area (Å²) >= 11 is 1.82. The molecule has 1 atom stereocenters. The summed E-state index contributed by atoms with van der Waals surface area (Å²) in [5, 5.41) is 6.30. The lowest BCUT2D eigenvalue weighted by Crippen LogP contribution is -2.37. The summed E-state index contributed by atoms with van der Waals surface area (Å²) < 4.78 is 1.92. The molecular formula is C13H21N5S. The van der Waals surface area contributed by atoms with Crippen LogP contribution in [-0.4, -0.2) is 20.8 Å². The first-order chi connectivity index (χ1) is 9.33. The van der Waals surface area contributed by atoms with E-state index in [1.54, 1.807) is 6.33 Å². The van der Waals surface area contributed by atoms with Gasteiger partial charge >= 0.3 is 0 Å². The van der Waals surface area contributed by atoms with E-state index in [9.17, 15) is 0 Å². The molecule has 104 valence electrons. The predicted molar refractivity (Wildman–Crippen MR) is 77.8 cm³/mol.